The van der Waals surface area contributed by atoms with Crippen molar-refractivity contribution in [2.24, 2.45) is 10.2 Å². The van der Waals surface area contributed by atoms with Crippen LogP contribution in [0.15, 0.2) is 119 Å². The van der Waals surface area contributed by atoms with E-state index in [4.69, 9.17) is 26.8 Å². The molecule has 0 amide bonds. The molecule has 1 aliphatic heterocycles. The summed E-state index contributed by atoms with van der Waals surface area (Å²) in [5, 5.41) is 22.7. The fourth-order valence-electron chi connectivity index (χ4n) is 4.47. The summed E-state index contributed by atoms with van der Waals surface area (Å²) in [5.74, 6) is -0.0869. The van der Waals surface area contributed by atoms with Crippen LogP contribution in [-0.4, -0.2) is 17.3 Å². The smallest absolute Gasteiger partial charge is 0.237 e. The van der Waals surface area contributed by atoms with E-state index < -0.39 is 6.10 Å². The minimum absolute atomic E-state index is 0.0869. The average Bonchev–Trinajstić information content (AvgIpc) is 3.25. The molecule has 7 heteroatoms. The van der Waals surface area contributed by atoms with Crippen molar-refractivity contribution in [3.8, 4) is 0 Å². The predicted molar refractivity (Wildman–Crippen MR) is 153 cm³/mol. The molecule has 1 aliphatic rings. The first-order chi connectivity index (χ1) is 18.2. The summed E-state index contributed by atoms with van der Waals surface area (Å²) in [6.07, 6.45) is -0.684. The first-order valence-corrected chi connectivity index (χ1v) is 12.2. The van der Waals surface area contributed by atoms with E-state index in [1.54, 1.807) is 6.07 Å². The summed E-state index contributed by atoms with van der Waals surface area (Å²) in [4.78, 5) is 0. The number of hydrazone groups is 2. The number of hydrogen-bond acceptors (Lipinski definition) is 6. The van der Waals surface area contributed by atoms with Crippen molar-refractivity contribution < 1.29 is 4.74 Å². The predicted octanol–water partition coefficient (Wildman–Crippen LogP) is 7.63. The zero-order valence-electron chi connectivity index (χ0n) is 19.7. The Labute approximate surface area is 218 Å². The first-order valence-electron chi connectivity index (χ1n) is 11.8. The second-order valence-corrected chi connectivity index (χ2v) is 8.99. The Morgan fingerprint density at radius 3 is 1.84 bits per heavy atom. The van der Waals surface area contributed by atoms with Crippen LogP contribution in [0, 0.1) is 5.41 Å². The first kappa shape index (κ1) is 22.8. The second kappa shape index (κ2) is 9.76. The minimum atomic E-state index is -0.684. The molecular weight excluding hydrogens is 482 g/mol. The third-order valence-corrected chi connectivity index (χ3v) is 6.64. The summed E-state index contributed by atoms with van der Waals surface area (Å²) in [6.45, 7) is 0. The number of fused-ring (bicyclic) bond motifs is 2. The number of anilines is 2. The highest BCUT2D eigenvalue weighted by Crippen LogP contribution is 2.33. The van der Waals surface area contributed by atoms with Gasteiger partial charge in [-0.1, -0.05) is 103 Å². The molecule has 3 N–H and O–H groups in total. The van der Waals surface area contributed by atoms with Gasteiger partial charge in [0.15, 0.2) is 11.8 Å². The normalized spacial score (nSPS) is 17.4. The molecule has 5 aromatic carbocycles. The highest BCUT2D eigenvalue weighted by atomic mass is 35.5. The third-order valence-electron chi connectivity index (χ3n) is 6.29. The lowest BCUT2D eigenvalue weighted by atomic mass is 10.0. The van der Waals surface area contributed by atoms with Crippen LogP contribution in [0.2, 0.25) is 5.02 Å². The molecule has 0 spiro atoms. The molecule has 0 aliphatic carbocycles. The largest absolute Gasteiger partial charge is 0.461 e. The maximum Gasteiger partial charge on any atom is 0.237 e. The van der Waals surface area contributed by atoms with Gasteiger partial charge in [0.1, 0.15) is 5.71 Å². The van der Waals surface area contributed by atoms with E-state index in [0.29, 0.717) is 22.0 Å². The lowest BCUT2D eigenvalue weighted by Gasteiger charge is -2.13. The molecule has 37 heavy (non-hydrogen) atoms. The Hall–Kier alpha value is -4.68. The summed E-state index contributed by atoms with van der Waals surface area (Å²) >= 11 is 6.52. The van der Waals surface area contributed by atoms with Gasteiger partial charge in [-0.2, -0.15) is 10.2 Å². The monoisotopic (exact) mass is 503 g/mol. The van der Waals surface area contributed by atoms with Crippen LogP contribution in [0.25, 0.3) is 21.5 Å². The number of halogens is 1. The average molecular weight is 504 g/mol. The van der Waals surface area contributed by atoms with E-state index in [9.17, 15) is 0 Å². The number of nitrogens with one attached hydrogen (secondary N) is 3. The highest BCUT2D eigenvalue weighted by Gasteiger charge is 2.38. The molecule has 0 unspecified atom stereocenters. The van der Waals surface area contributed by atoms with Gasteiger partial charge in [0.05, 0.1) is 11.4 Å². The molecule has 6 nitrogen and oxygen atoms in total. The molecule has 0 aromatic heterocycles. The Bertz CT molecular complexity index is 1700. The molecule has 1 atom stereocenters. The molecule has 5 aromatic rings. The standard InChI is InChI=1S/C30H22ClN5O/c31-24-16-6-5-15-23(24)29-27(35-33-25-17-7-11-19-9-1-3-13-21(19)25)28(30(32)37-29)36-34-26-18-8-12-20-10-2-4-14-22(20)26/h1-18,29,32-34H/b32-30?,35-27+,36-28+/t29-/m0/s1. The molecule has 6 rings (SSSR count). The van der Waals surface area contributed by atoms with Crippen molar-refractivity contribution in [3.05, 3.63) is 120 Å². The molecule has 0 radical (unpaired) electrons. The van der Waals surface area contributed by atoms with Crippen molar-refractivity contribution in [3.63, 3.8) is 0 Å². The number of ether oxygens (including phenoxy) is 1. The summed E-state index contributed by atoms with van der Waals surface area (Å²) in [7, 11) is 0. The van der Waals surface area contributed by atoms with E-state index in [1.807, 2.05) is 91.0 Å². The number of benzene rings is 5. The second-order valence-electron chi connectivity index (χ2n) is 8.58. The van der Waals surface area contributed by atoms with Gasteiger partial charge in [0.25, 0.3) is 0 Å². The summed E-state index contributed by atoms with van der Waals surface area (Å²) in [6, 6.07) is 35.5. The fraction of sp³-hybridized carbons (Fsp3) is 0.0333. The van der Waals surface area contributed by atoms with Crippen molar-refractivity contribution in [1.82, 2.24) is 0 Å². The van der Waals surface area contributed by atoms with Crippen LogP contribution >= 0.6 is 11.6 Å². The van der Waals surface area contributed by atoms with Gasteiger partial charge >= 0.3 is 0 Å². The quantitative estimate of drug-likeness (QED) is 0.216. The molecule has 1 fully saturated rings. The molecule has 1 heterocycles. The maximum absolute atomic E-state index is 8.58. The van der Waals surface area contributed by atoms with Gasteiger partial charge in [0.2, 0.25) is 5.90 Å². The molecule has 0 saturated carbocycles. The molecule has 1 saturated heterocycles. The Balaban J connectivity index is 1.42. The van der Waals surface area contributed by atoms with Gasteiger partial charge in [-0.25, -0.2) is 0 Å². The van der Waals surface area contributed by atoms with Crippen molar-refractivity contribution in [2.45, 2.75) is 6.10 Å². The lowest BCUT2D eigenvalue weighted by molar-refractivity contribution is 0.275. The van der Waals surface area contributed by atoms with Crippen molar-refractivity contribution >= 4 is 61.8 Å². The van der Waals surface area contributed by atoms with E-state index in [-0.39, 0.29) is 5.90 Å². The SMILES string of the molecule is N=C1O[C@@H](c2ccccc2Cl)C(=N/Nc2cccc3ccccc23)/C1=N\Nc1cccc2ccccc12. The van der Waals surface area contributed by atoms with Gasteiger partial charge in [-0.15, -0.1) is 0 Å². The van der Waals surface area contributed by atoms with Crippen LogP contribution in [0.4, 0.5) is 11.4 Å². The summed E-state index contributed by atoms with van der Waals surface area (Å²) < 4.78 is 5.96. The van der Waals surface area contributed by atoms with Crippen LogP contribution in [0.3, 0.4) is 0 Å². The third kappa shape index (κ3) is 4.39. The van der Waals surface area contributed by atoms with Gasteiger partial charge in [-0.3, -0.25) is 16.3 Å². The Kier molecular flexibility index (Phi) is 6.00. The Morgan fingerprint density at radius 2 is 1.19 bits per heavy atom. The molecule has 180 valence electrons. The molecular formula is C30H22ClN5O. The van der Waals surface area contributed by atoms with E-state index >= 15 is 0 Å². The lowest BCUT2D eigenvalue weighted by Crippen LogP contribution is -2.20. The number of rotatable bonds is 5. The van der Waals surface area contributed by atoms with Gasteiger partial charge in [0, 0.05) is 21.4 Å². The van der Waals surface area contributed by atoms with Crippen LogP contribution in [-0.2, 0) is 4.74 Å². The van der Waals surface area contributed by atoms with Crippen molar-refractivity contribution in [1.29, 1.82) is 5.41 Å². The fourth-order valence-corrected chi connectivity index (χ4v) is 4.71. The van der Waals surface area contributed by atoms with Crippen LogP contribution < -0.4 is 10.9 Å². The van der Waals surface area contributed by atoms with Crippen molar-refractivity contribution in [2.75, 3.05) is 10.9 Å². The maximum atomic E-state index is 8.58. The zero-order valence-corrected chi connectivity index (χ0v) is 20.4. The molecule has 0 bridgehead atoms. The Morgan fingerprint density at radius 1 is 0.649 bits per heavy atom. The summed E-state index contributed by atoms with van der Waals surface area (Å²) in [5.41, 5.74) is 9.44. The highest BCUT2D eigenvalue weighted by molar-refractivity contribution is 6.70. The van der Waals surface area contributed by atoms with Gasteiger partial charge < -0.3 is 4.74 Å². The number of nitrogens with zero attached hydrogens (tertiary/aromatic N) is 2. The van der Waals surface area contributed by atoms with Crippen LogP contribution in [0.1, 0.15) is 11.7 Å². The van der Waals surface area contributed by atoms with E-state index in [2.05, 4.69) is 28.1 Å². The van der Waals surface area contributed by atoms with Crippen LogP contribution in [0.5, 0.6) is 0 Å². The topological polar surface area (TPSA) is 81.9 Å². The van der Waals surface area contributed by atoms with E-state index in [0.717, 1.165) is 32.9 Å². The zero-order chi connectivity index (χ0) is 25.2. The van der Waals surface area contributed by atoms with E-state index in [1.165, 1.54) is 0 Å². The minimum Gasteiger partial charge on any atom is -0.461 e. The number of hydrogen-bond donors (Lipinski definition) is 3. The van der Waals surface area contributed by atoms with Gasteiger partial charge in [-0.05, 0) is 29.0 Å².